The van der Waals surface area contributed by atoms with E-state index < -0.39 is 0 Å². The Balaban J connectivity index is 1.68. The molecule has 0 spiro atoms. The maximum absolute atomic E-state index is 12.4. The normalized spacial score (nSPS) is 15.8. The number of nitrogens with one attached hydrogen (secondary N) is 1. The van der Waals surface area contributed by atoms with Crippen molar-refractivity contribution in [3.8, 4) is 11.5 Å². The van der Waals surface area contributed by atoms with Crippen LogP contribution in [-0.2, 0) is 29.1 Å². The topological polar surface area (TPSA) is 56.8 Å². The molecule has 26 heavy (non-hydrogen) atoms. The van der Waals surface area contributed by atoms with Gasteiger partial charge in [-0.15, -0.1) is 0 Å². The van der Waals surface area contributed by atoms with Gasteiger partial charge in [0.25, 0.3) is 0 Å². The molecular formula is C21H25NO4. The number of hydrogen-bond donors (Lipinski definition) is 1. The van der Waals surface area contributed by atoms with Gasteiger partial charge in [-0.3, -0.25) is 4.79 Å². The number of hydrogen-bond acceptors (Lipinski definition) is 5. The third kappa shape index (κ3) is 4.35. The van der Waals surface area contributed by atoms with Crippen molar-refractivity contribution in [2.45, 2.75) is 39.5 Å². The lowest BCUT2D eigenvalue weighted by molar-refractivity contribution is -0.147. The standard InChI is InChI=1S/C21H25NO4/c1-3-24-19-11-16-10-18(22-13-17(16)12-20(19)25-4-2)21(23)26-14-15-8-6-5-7-9-15/h5-9,11-12,18,22H,3-4,10,13-14H2,1-2H3. The van der Waals surface area contributed by atoms with E-state index in [4.69, 9.17) is 14.2 Å². The van der Waals surface area contributed by atoms with Crippen LogP contribution in [0.1, 0.15) is 30.5 Å². The van der Waals surface area contributed by atoms with Crippen LogP contribution in [0.15, 0.2) is 42.5 Å². The molecular weight excluding hydrogens is 330 g/mol. The van der Waals surface area contributed by atoms with Crippen molar-refractivity contribution in [3.05, 3.63) is 59.2 Å². The van der Waals surface area contributed by atoms with Gasteiger partial charge in [-0.2, -0.15) is 0 Å². The van der Waals surface area contributed by atoms with E-state index in [9.17, 15) is 4.79 Å². The number of esters is 1. The van der Waals surface area contributed by atoms with E-state index in [0.717, 1.165) is 28.2 Å². The molecule has 1 unspecified atom stereocenters. The minimum absolute atomic E-state index is 0.230. The molecule has 0 aromatic heterocycles. The maximum Gasteiger partial charge on any atom is 0.323 e. The molecule has 0 radical (unpaired) electrons. The SMILES string of the molecule is CCOc1cc2c(cc1OCC)CC(C(=O)OCc1ccccc1)NC2. The zero-order valence-corrected chi connectivity index (χ0v) is 15.3. The van der Waals surface area contributed by atoms with Gasteiger partial charge in [0.05, 0.1) is 13.2 Å². The second kappa shape index (κ2) is 8.72. The summed E-state index contributed by atoms with van der Waals surface area (Å²) in [5.74, 6) is 1.25. The Morgan fingerprint density at radius 2 is 1.69 bits per heavy atom. The van der Waals surface area contributed by atoms with Crippen LogP contribution < -0.4 is 14.8 Å². The van der Waals surface area contributed by atoms with Gasteiger partial charge in [-0.1, -0.05) is 30.3 Å². The predicted octanol–water partition coefficient (Wildman–Crippen LogP) is 3.24. The van der Waals surface area contributed by atoms with Crippen molar-refractivity contribution >= 4 is 5.97 Å². The Morgan fingerprint density at radius 3 is 2.35 bits per heavy atom. The van der Waals surface area contributed by atoms with E-state index in [1.807, 2.05) is 56.3 Å². The highest BCUT2D eigenvalue weighted by atomic mass is 16.5. The fourth-order valence-corrected chi connectivity index (χ4v) is 3.06. The molecule has 3 rings (SSSR count). The number of rotatable bonds is 7. The second-order valence-corrected chi connectivity index (χ2v) is 6.16. The van der Waals surface area contributed by atoms with Crippen molar-refractivity contribution in [1.29, 1.82) is 0 Å². The van der Waals surface area contributed by atoms with Crippen molar-refractivity contribution in [3.63, 3.8) is 0 Å². The largest absolute Gasteiger partial charge is 0.490 e. The molecule has 2 aromatic rings. The summed E-state index contributed by atoms with van der Waals surface area (Å²) in [6.45, 7) is 5.94. The monoisotopic (exact) mass is 355 g/mol. The van der Waals surface area contributed by atoms with E-state index in [0.29, 0.717) is 26.2 Å². The van der Waals surface area contributed by atoms with Gasteiger partial charge in [0.2, 0.25) is 0 Å². The number of ether oxygens (including phenoxy) is 3. The highest BCUT2D eigenvalue weighted by Crippen LogP contribution is 2.33. The lowest BCUT2D eigenvalue weighted by Gasteiger charge is -2.26. The predicted molar refractivity (Wildman–Crippen MR) is 99.3 cm³/mol. The van der Waals surface area contributed by atoms with Crippen molar-refractivity contribution in [2.24, 2.45) is 0 Å². The lowest BCUT2D eigenvalue weighted by atomic mass is 9.95. The summed E-state index contributed by atoms with van der Waals surface area (Å²) >= 11 is 0. The van der Waals surface area contributed by atoms with Gasteiger partial charge in [-0.05, 0) is 49.1 Å². The smallest absolute Gasteiger partial charge is 0.323 e. The molecule has 2 aromatic carbocycles. The number of fused-ring (bicyclic) bond motifs is 1. The van der Waals surface area contributed by atoms with Gasteiger partial charge in [0, 0.05) is 6.54 Å². The Kier molecular flexibility index (Phi) is 6.12. The molecule has 1 aliphatic heterocycles. The summed E-state index contributed by atoms with van der Waals surface area (Å²) in [6, 6.07) is 13.3. The molecule has 0 amide bonds. The summed E-state index contributed by atoms with van der Waals surface area (Å²) < 4.78 is 16.8. The highest BCUT2D eigenvalue weighted by Gasteiger charge is 2.27. The molecule has 0 saturated heterocycles. The Morgan fingerprint density at radius 1 is 1.04 bits per heavy atom. The summed E-state index contributed by atoms with van der Waals surface area (Å²) in [7, 11) is 0. The van der Waals surface area contributed by atoms with Crippen LogP contribution in [0.2, 0.25) is 0 Å². The van der Waals surface area contributed by atoms with E-state index >= 15 is 0 Å². The van der Waals surface area contributed by atoms with Crippen LogP contribution >= 0.6 is 0 Å². The Bertz CT molecular complexity index is 745. The first-order chi connectivity index (χ1) is 12.7. The molecule has 0 saturated carbocycles. The molecule has 1 N–H and O–H groups in total. The van der Waals surface area contributed by atoms with Gasteiger partial charge in [-0.25, -0.2) is 0 Å². The fraction of sp³-hybridized carbons (Fsp3) is 0.381. The average molecular weight is 355 g/mol. The van der Waals surface area contributed by atoms with E-state index in [1.54, 1.807) is 0 Å². The van der Waals surface area contributed by atoms with Crippen molar-refractivity contribution in [2.75, 3.05) is 13.2 Å². The van der Waals surface area contributed by atoms with Crippen LogP contribution in [-0.4, -0.2) is 25.2 Å². The van der Waals surface area contributed by atoms with Gasteiger partial charge in [0.15, 0.2) is 11.5 Å². The van der Waals surface area contributed by atoms with E-state index in [-0.39, 0.29) is 18.6 Å². The van der Waals surface area contributed by atoms with Crippen LogP contribution in [0.4, 0.5) is 0 Å². The molecule has 0 bridgehead atoms. The fourth-order valence-electron chi connectivity index (χ4n) is 3.06. The first-order valence-corrected chi connectivity index (χ1v) is 9.06. The molecule has 1 aliphatic rings. The first kappa shape index (κ1) is 18.3. The summed E-state index contributed by atoms with van der Waals surface area (Å²) in [5.41, 5.74) is 3.21. The number of carbonyl (C=O) groups is 1. The first-order valence-electron chi connectivity index (χ1n) is 9.06. The molecule has 0 aliphatic carbocycles. The average Bonchev–Trinajstić information content (AvgIpc) is 2.67. The lowest BCUT2D eigenvalue weighted by Crippen LogP contribution is -2.42. The van der Waals surface area contributed by atoms with E-state index in [1.165, 1.54) is 0 Å². The molecule has 1 heterocycles. The third-order valence-electron chi connectivity index (χ3n) is 4.34. The van der Waals surface area contributed by atoms with Gasteiger partial charge < -0.3 is 19.5 Å². The van der Waals surface area contributed by atoms with E-state index in [2.05, 4.69) is 5.32 Å². The minimum Gasteiger partial charge on any atom is -0.490 e. The maximum atomic E-state index is 12.4. The second-order valence-electron chi connectivity index (χ2n) is 6.16. The molecule has 0 fully saturated rings. The zero-order valence-electron chi connectivity index (χ0n) is 15.3. The summed E-state index contributed by atoms with van der Waals surface area (Å²) in [4.78, 5) is 12.4. The summed E-state index contributed by atoms with van der Waals surface area (Å²) in [6.07, 6.45) is 0.579. The van der Waals surface area contributed by atoms with Gasteiger partial charge in [0.1, 0.15) is 12.6 Å². The minimum atomic E-state index is -0.348. The third-order valence-corrected chi connectivity index (χ3v) is 4.34. The molecule has 138 valence electrons. The molecule has 5 heteroatoms. The van der Waals surface area contributed by atoms with Gasteiger partial charge >= 0.3 is 5.97 Å². The Labute approximate surface area is 154 Å². The van der Waals surface area contributed by atoms with Crippen molar-refractivity contribution < 1.29 is 19.0 Å². The zero-order chi connectivity index (χ0) is 18.4. The molecule has 1 atom stereocenters. The van der Waals surface area contributed by atoms with Crippen LogP contribution in [0.3, 0.4) is 0 Å². The Hall–Kier alpha value is -2.53. The van der Waals surface area contributed by atoms with Crippen LogP contribution in [0.25, 0.3) is 0 Å². The van der Waals surface area contributed by atoms with Crippen LogP contribution in [0, 0.1) is 0 Å². The van der Waals surface area contributed by atoms with Crippen molar-refractivity contribution in [1.82, 2.24) is 5.32 Å². The summed E-state index contributed by atoms with van der Waals surface area (Å²) in [5, 5.41) is 3.26. The highest BCUT2D eigenvalue weighted by molar-refractivity contribution is 5.77. The number of benzene rings is 2. The quantitative estimate of drug-likeness (QED) is 0.773. The van der Waals surface area contributed by atoms with Crippen LogP contribution in [0.5, 0.6) is 11.5 Å². The molecule has 5 nitrogen and oxygen atoms in total. The number of carbonyl (C=O) groups excluding carboxylic acids is 1.